The van der Waals surface area contributed by atoms with Crippen molar-refractivity contribution in [2.45, 2.75) is 0 Å². The lowest BCUT2D eigenvalue weighted by Gasteiger charge is -1.80. The second-order valence-electron chi connectivity index (χ2n) is 2.56. The van der Waals surface area contributed by atoms with Crippen molar-refractivity contribution < 1.29 is 0 Å². The van der Waals surface area contributed by atoms with Crippen LogP contribution in [0.4, 0.5) is 0 Å². The largest absolute Gasteiger partial charge is 0.256 e. The van der Waals surface area contributed by atoms with Gasteiger partial charge < -0.3 is 0 Å². The Bertz CT molecular complexity index is 381. The van der Waals surface area contributed by atoms with Crippen molar-refractivity contribution in [1.29, 1.82) is 0 Å². The molecule has 1 aromatic carbocycles. The fraction of sp³-hybridized carbons (Fsp3) is 0. The molecule has 1 heterocycles. The molecule has 1 heteroatoms. The topological polar surface area (TPSA) is 12.9 Å². The summed E-state index contributed by atoms with van der Waals surface area (Å²) >= 11 is 0. The molecule has 0 N–H and O–H groups in total. The first-order valence-electron chi connectivity index (χ1n) is 3.35. The molecule has 0 radical (unpaired) electrons. The average Bonchev–Trinajstić information content (AvgIpc) is 2.68. The summed E-state index contributed by atoms with van der Waals surface area (Å²) in [6, 6.07) is 8.31. The fourth-order valence-electron chi connectivity index (χ4n) is 1.46. The van der Waals surface area contributed by atoms with Gasteiger partial charge in [0.2, 0.25) is 0 Å². The highest BCUT2D eigenvalue weighted by atomic mass is 14.7. The number of benzene rings is 1. The number of hydrogen-bond acceptors (Lipinski definition) is 1. The van der Waals surface area contributed by atoms with E-state index in [-0.39, 0.29) is 0 Å². The highest BCUT2D eigenvalue weighted by molar-refractivity contribution is 6.18. The zero-order chi connectivity index (χ0) is 6.55. The summed E-state index contributed by atoms with van der Waals surface area (Å²) in [5.41, 5.74) is 3.90. The van der Waals surface area contributed by atoms with Gasteiger partial charge in [-0.25, -0.2) is 0 Å². The van der Waals surface area contributed by atoms with E-state index >= 15 is 0 Å². The molecule has 1 aliphatic rings. The number of fused-ring (bicyclic) bond motifs is 1. The van der Waals surface area contributed by atoms with Crippen LogP contribution in [0.25, 0.3) is 22.0 Å². The predicted molar refractivity (Wildman–Crippen MR) is 40.7 cm³/mol. The maximum Gasteiger partial charge on any atom is 0.0714 e. The number of hydrogen-bond donors (Lipinski definition) is 0. The zero-order valence-electron chi connectivity index (χ0n) is 5.33. The summed E-state index contributed by atoms with van der Waals surface area (Å²) in [6.07, 6.45) is 1.87. The smallest absolute Gasteiger partial charge is 0.0714 e. The van der Waals surface area contributed by atoms with Gasteiger partial charge in [0.15, 0.2) is 0 Å². The third-order valence-corrected chi connectivity index (χ3v) is 1.99. The molecule has 0 fully saturated rings. The summed E-state index contributed by atoms with van der Waals surface area (Å²) in [5.74, 6) is 0. The quantitative estimate of drug-likeness (QED) is 0.451. The second-order valence-corrected chi connectivity index (χ2v) is 2.56. The maximum absolute atomic E-state index is 4.22. The second kappa shape index (κ2) is 1.21. The van der Waals surface area contributed by atoms with E-state index in [0.29, 0.717) is 0 Å². The van der Waals surface area contributed by atoms with Crippen LogP contribution in [0.2, 0.25) is 0 Å². The van der Waals surface area contributed by atoms with Crippen molar-refractivity contribution in [2.24, 2.45) is 0 Å². The molecule has 0 saturated heterocycles. The normalized spacial score (nSPS) is 12.0. The van der Waals surface area contributed by atoms with Gasteiger partial charge in [0.25, 0.3) is 0 Å². The molecule has 10 heavy (non-hydrogen) atoms. The minimum absolute atomic E-state index is 1.13. The Morgan fingerprint density at radius 2 is 1.90 bits per heavy atom. The number of rotatable bonds is 0. The van der Waals surface area contributed by atoms with Crippen LogP contribution in [-0.4, -0.2) is 4.98 Å². The first-order valence-corrected chi connectivity index (χ1v) is 3.35. The predicted octanol–water partition coefficient (Wildman–Crippen LogP) is 2.22. The van der Waals surface area contributed by atoms with Crippen LogP contribution in [0.5, 0.6) is 0 Å². The summed E-state index contributed by atoms with van der Waals surface area (Å²) in [6.45, 7) is 0. The third kappa shape index (κ3) is 0.346. The van der Waals surface area contributed by atoms with Crippen molar-refractivity contribution >= 4 is 10.9 Å². The molecule has 0 unspecified atom stereocenters. The van der Waals surface area contributed by atoms with E-state index in [9.17, 15) is 0 Å². The van der Waals surface area contributed by atoms with Crippen molar-refractivity contribution in [3.8, 4) is 11.1 Å². The van der Waals surface area contributed by atoms with Crippen molar-refractivity contribution in [1.82, 2.24) is 4.98 Å². The van der Waals surface area contributed by atoms with Crippen LogP contribution in [0.3, 0.4) is 0 Å². The standard InChI is InChI=1S/C9H5N/c1-2-6-7-4-5-10-8(3-1)9(6)7/h1-5H. The monoisotopic (exact) mass is 127 g/mol. The molecule has 2 aromatic rings. The van der Waals surface area contributed by atoms with Gasteiger partial charge in [0.1, 0.15) is 0 Å². The molecule has 46 valence electrons. The SMILES string of the molecule is c1cc2c3c-2ccnc3c1. The van der Waals surface area contributed by atoms with Crippen molar-refractivity contribution in [2.75, 3.05) is 0 Å². The van der Waals surface area contributed by atoms with E-state index in [2.05, 4.69) is 29.2 Å². The zero-order valence-corrected chi connectivity index (χ0v) is 5.33. The van der Waals surface area contributed by atoms with Crippen molar-refractivity contribution in [3.05, 3.63) is 30.5 Å². The molecule has 1 nitrogen and oxygen atoms in total. The van der Waals surface area contributed by atoms with Gasteiger partial charge in [-0.1, -0.05) is 12.1 Å². The molecular weight excluding hydrogens is 122 g/mol. The summed E-state index contributed by atoms with van der Waals surface area (Å²) in [4.78, 5) is 4.22. The molecule has 0 amide bonds. The molecule has 0 aliphatic heterocycles. The lowest BCUT2D eigenvalue weighted by Crippen LogP contribution is -1.64. The lowest BCUT2D eigenvalue weighted by atomic mass is 10.3. The Morgan fingerprint density at radius 3 is 2.80 bits per heavy atom. The minimum Gasteiger partial charge on any atom is -0.256 e. The van der Waals surface area contributed by atoms with Crippen molar-refractivity contribution in [3.63, 3.8) is 0 Å². The van der Waals surface area contributed by atoms with Gasteiger partial charge in [-0.15, -0.1) is 0 Å². The molecule has 3 rings (SSSR count). The molecule has 0 atom stereocenters. The Kier molecular flexibility index (Phi) is 0.539. The van der Waals surface area contributed by atoms with E-state index < -0.39 is 0 Å². The van der Waals surface area contributed by atoms with Crippen LogP contribution in [0, 0.1) is 0 Å². The first-order chi connectivity index (χ1) is 4.97. The summed E-state index contributed by atoms with van der Waals surface area (Å²) < 4.78 is 0. The molecule has 1 aromatic heterocycles. The molecule has 1 aliphatic carbocycles. The Morgan fingerprint density at radius 1 is 1.00 bits per heavy atom. The first kappa shape index (κ1) is 4.45. The minimum atomic E-state index is 1.13. The van der Waals surface area contributed by atoms with Gasteiger partial charge in [-0.3, -0.25) is 4.98 Å². The molecule has 0 spiro atoms. The van der Waals surface area contributed by atoms with E-state index in [4.69, 9.17) is 0 Å². The average molecular weight is 127 g/mol. The van der Waals surface area contributed by atoms with E-state index in [0.717, 1.165) is 5.52 Å². The van der Waals surface area contributed by atoms with E-state index in [1.54, 1.807) is 0 Å². The number of aromatic nitrogens is 1. The van der Waals surface area contributed by atoms with Gasteiger partial charge in [-0.05, 0) is 23.3 Å². The Balaban J connectivity index is 2.67. The summed E-state index contributed by atoms with van der Waals surface area (Å²) in [7, 11) is 0. The van der Waals surface area contributed by atoms with E-state index in [1.807, 2.05) is 6.20 Å². The molecule has 0 saturated carbocycles. The van der Waals surface area contributed by atoms with Crippen LogP contribution in [0.1, 0.15) is 0 Å². The van der Waals surface area contributed by atoms with Crippen LogP contribution >= 0.6 is 0 Å². The van der Waals surface area contributed by atoms with Crippen LogP contribution in [0.15, 0.2) is 30.5 Å². The van der Waals surface area contributed by atoms with Gasteiger partial charge in [0, 0.05) is 11.6 Å². The maximum atomic E-state index is 4.22. The number of pyridine rings is 1. The molecular formula is C9H5N. The lowest BCUT2D eigenvalue weighted by molar-refractivity contribution is 1.44. The van der Waals surface area contributed by atoms with Crippen LogP contribution < -0.4 is 0 Å². The van der Waals surface area contributed by atoms with Gasteiger partial charge in [-0.2, -0.15) is 0 Å². The Hall–Kier alpha value is -1.37. The summed E-state index contributed by atoms with van der Waals surface area (Å²) in [5, 5.41) is 1.37. The molecule has 0 bridgehead atoms. The number of nitrogens with zero attached hydrogens (tertiary/aromatic N) is 1. The van der Waals surface area contributed by atoms with E-state index in [1.165, 1.54) is 16.5 Å². The fourth-order valence-corrected chi connectivity index (χ4v) is 1.46. The Labute approximate surface area is 58.3 Å². The third-order valence-electron chi connectivity index (χ3n) is 1.99. The highest BCUT2D eigenvalue weighted by Crippen LogP contribution is 2.45. The highest BCUT2D eigenvalue weighted by Gasteiger charge is 2.19. The van der Waals surface area contributed by atoms with Crippen LogP contribution in [-0.2, 0) is 0 Å². The van der Waals surface area contributed by atoms with Gasteiger partial charge in [0.05, 0.1) is 5.52 Å². The van der Waals surface area contributed by atoms with Gasteiger partial charge >= 0.3 is 0 Å².